The summed E-state index contributed by atoms with van der Waals surface area (Å²) in [7, 11) is -2.78. The highest BCUT2D eigenvalue weighted by atomic mass is 35.5. The van der Waals surface area contributed by atoms with Gasteiger partial charge < -0.3 is 15.0 Å². The molecule has 1 N–H and O–H groups in total. The molecule has 12 heteroatoms. The molecule has 0 heterocycles. The van der Waals surface area contributed by atoms with E-state index in [0.717, 1.165) is 4.31 Å². The third-order valence-corrected chi connectivity index (χ3v) is 9.06. The van der Waals surface area contributed by atoms with Gasteiger partial charge in [0, 0.05) is 32.7 Å². The first-order chi connectivity index (χ1) is 19.7. The standard InChI is InChI=1S/C30H34Cl3N3O5S/c1-6-27(29(38)34-30(2,3)4)35(18-24-25(32)8-7-9-26(24)33)28(37)19-36(21-12-10-20(31)11-13-21)42(39,40)23-16-14-22(41-5)15-17-23/h7-17,27H,6,18-19H2,1-5H3,(H,34,38)/t27-/m0/s1. The van der Waals surface area contributed by atoms with E-state index in [9.17, 15) is 18.0 Å². The number of methoxy groups -OCH3 is 1. The highest BCUT2D eigenvalue weighted by molar-refractivity contribution is 7.92. The van der Waals surface area contributed by atoms with Gasteiger partial charge >= 0.3 is 0 Å². The molecule has 0 aliphatic carbocycles. The summed E-state index contributed by atoms with van der Waals surface area (Å²) in [5.74, 6) is -0.548. The fourth-order valence-electron chi connectivity index (χ4n) is 4.24. The Bertz CT molecular complexity index is 1490. The number of carbonyl (C=O) groups is 2. The van der Waals surface area contributed by atoms with Gasteiger partial charge in [-0.05, 0) is 87.9 Å². The van der Waals surface area contributed by atoms with Crippen LogP contribution in [0.25, 0.3) is 0 Å². The summed E-state index contributed by atoms with van der Waals surface area (Å²) >= 11 is 19.0. The van der Waals surface area contributed by atoms with E-state index in [1.807, 2.05) is 20.8 Å². The van der Waals surface area contributed by atoms with Crippen LogP contribution < -0.4 is 14.4 Å². The van der Waals surface area contributed by atoms with Crippen molar-refractivity contribution >= 4 is 62.3 Å². The van der Waals surface area contributed by atoms with Crippen molar-refractivity contribution in [2.24, 2.45) is 0 Å². The van der Waals surface area contributed by atoms with Crippen LogP contribution in [0.15, 0.2) is 71.6 Å². The number of anilines is 1. The number of ether oxygens (including phenoxy) is 1. The van der Waals surface area contributed by atoms with E-state index in [-0.39, 0.29) is 23.5 Å². The SMILES string of the molecule is CC[C@@H](C(=O)NC(C)(C)C)N(Cc1c(Cl)cccc1Cl)C(=O)CN(c1ccc(Cl)cc1)S(=O)(=O)c1ccc(OC)cc1. The molecule has 0 aliphatic heterocycles. The molecular formula is C30H34Cl3N3O5S. The zero-order chi connectivity index (χ0) is 31.2. The number of benzene rings is 3. The molecular weight excluding hydrogens is 621 g/mol. The summed E-state index contributed by atoms with van der Waals surface area (Å²) in [5, 5.41) is 3.94. The molecule has 1 atom stereocenters. The molecule has 8 nitrogen and oxygen atoms in total. The van der Waals surface area contributed by atoms with E-state index in [2.05, 4.69) is 5.32 Å². The van der Waals surface area contributed by atoms with Crippen molar-refractivity contribution in [1.29, 1.82) is 0 Å². The molecule has 0 saturated carbocycles. The zero-order valence-electron chi connectivity index (χ0n) is 24.0. The van der Waals surface area contributed by atoms with Gasteiger partial charge in [0.25, 0.3) is 10.0 Å². The van der Waals surface area contributed by atoms with Crippen molar-refractivity contribution < 1.29 is 22.7 Å². The maximum Gasteiger partial charge on any atom is 0.264 e. The van der Waals surface area contributed by atoms with E-state index >= 15 is 0 Å². The van der Waals surface area contributed by atoms with Gasteiger partial charge in [-0.1, -0.05) is 47.8 Å². The smallest absolute Gasteiger partial charge is 0.264 e. The Morgan fingerprint density at radius 2 is 1.50 bits per heavy atom. The maximum atomic E-state index is 14.2. The maximum absolute atomic E-state index is 14.2. The van der Waals surface area contributed by atoms with Gasteiger partial charge in [0.1, 0.15) is 18.3 Å². The third kappa shape index (κ3) is 8.31. The Labute approximate surface area is 262 Å². The quantitative estimate of drug-likeness (QED) is 0.252. The van der Waals surface area contributed by atoms with E-state index in [4.69, 9.17) is 39.5 Å². The lowest BCUT2D eigenvalue weighted by atomic mass is 10.1. The molecule has 0 aromatic heterocycles. The van der Waals surface area contributed by atoms with Gasteiger partial charge in [0.15, 0.2) is 0 Å². The summed E-state index contributed by atoms with van der Waals surface area (Å²) in [5.41, 5.74) is 0.0765. The second kappa shape index (κ2) is 14.0. The summed E-state index contributed by atoms with van der Waals surface area (Å²) in [6.07, 6.45) is 0.252. The highest BCUT2D eigenvalue weighted by Crippen LogP contribution is 2.30. The monoisotopic (exact) mass is 653 g/mol. The topological polar surface area (TPSA) is 96.0 Å². The Morgan fingerprint density at radius 3 is 2.00 bits per heavy atom. The third-order valence-electron chi connectivity index (χ3n) is 6.32. The summed E-state index contributed by atoms with van der Waals surface area (Å²) < 4.78 is 34.1. The number of nitrogens with one attached hydrogen (secondary N) is 1. The molecule has 0 aliphatic rings. The van der Waals surface area contributed by atoms with Crippen molar-refractivity contribution in [2.45, 2.75) is 57.1 Å². The summed E-state index contributed by atoms with van der Waals surface area (Å²) in [6.45, 7) is 6.53. The van der Waals surface area contributed by atoms with E-state index in [1.54, 1.807) is 25.1 Å². The first kappa shape index (κ1) is 33.5. The minimum absolute atomic E-state index is 0.0516. The molecule has 3 aromatic carbocycles. The fourth-order valence-corrected chi connectivity index (χ4v) is 6.29. The number of hydrogen-bond acceptors (Lipinski definition) is 5. The van der Waals surface area contributed by atoms with Crippen molar-refractivity contribution in [3.63, 3.8) is 0 Å². The largest absolute Gasteiger partial charge is 0.497 e. The van der Waals surface area contributed by atoms with E-state index < -0.39 is 40.0 Å². The molecule has 2 amide bonds. The predicted octanol–water partition coefficient (Wildman–Crippen LogP) is 6.57. The number of hydrogen-bond donors (Lipinski definition) is 1. The summed E-state index contributed by atoms with van der Waals surface area (Å²) in [6, 6.07) is 15.9. The van der Waals surface area contributed by atoms with Crippen LogP contribution in [-0.4, -0.2) is 50.4 Å². The van der Waals surface area contributed by atoms with Gasteiger partial charge in [-0.15, -0.1) is 0 Å². The van der Waals surface area contributed by atoms with Crippen molar-refractivity contribution in [3.05, 3.63) is 87.4 Å². The first-order valence-electron chi connectivity index (χ1n) is 13.1. The Morgan fingerprint density at radius 1 is 0.929 bits per heavy atom. The summed E-state index contributed by atoms with van der Waals surface area (Å²) in [4.78, 5) is 28.9. The average molecular weight is 655 g/mol. The normalized spacial score (nSPS) is 12.4. The molecule has 3 aromatic rings. The number of sulfonamides is 1. The Hall–Kier alpha value is -2.98. The molecule has 0 spiro atoms. The first-order valence-corrected chi connectivity index (χ1v) is 15.7. The second-order valence-corrected chi connectivity index (χ2v) is 13.7. The van der Waals surface area contributed by atoms with Crippen LogP contribution in [-0.2, 0) is 26.2 Å². The molecule has 0 fully saturated rings. The molecule has 0 bridgehead atoms. The molecule has 42 heavy (non-hydrogen) atoms. The molecule has 226 valence electrons. The van der Waals surface area contributed by atoms with E-state index in [0.29, 0.717) is 26.4 Å². The van der Waals surface area contributed by atoms with Crippen LogP contribution in [0.5, 0.6) is 5.75 Å². The van der Waals surface area contributed by atoms with Crippen LogP contribution in [0, 0.1) is 0 Å². The van der Waals surface area contributed by atoms with Crippen LogP contribution in [0.4, 0.5) is 5.69 Å². The minimum atomic E-state index is -4.26. The zero-order valence-corrected chi connectivity index (χ0v) is 27.1. The lowest BCUT2D eigenvalue weighted by molar-refractivity contribution is -0.141. The van der Waals surface area contributed by atoms with Crippen molar-refractivity contribution in [2.75, 3.05) is 18.0 Å². The van der Waals surface area contributed by atoms with Gasteiger partial charge in [-0.25, -0.2) is 8.42 Å². The van der Waals surface area contributed by atoms with Crippen LogP contribution in [0.2, 0.25) is 15.1 Å². The lowest BCUT2D eigenvalue weighted by Gasteiger charge is -2.35. The lowest BCUT2D eigenvalue weighted by Crippen LogP contribution is -2.55. The number of carbonyl (C=O) groups excluding carboxylic acids is 2. The Balaban J connectivity index is 2.11. The number of amides is 2. The average Bonchev–Trinajstić information content (AvgIpc) is 2.92. The van der Waals surface area contributed by atoms with Crippen LogP contribution in [0.1, 0.15) is 39.7 Å². The van der Waals surface area contributed by atoms with Crippen molar-refractivity contribution in [3.8, 4) is 5.75 Å². The number of rotatable bonds is 11. The van der Waals surface area contributed by atoms with Gasteiger partial charge in [-0.2, -0.15) is 0 Å². The molecule has 3 rings (SSSR count). The molecule has 0 saturated heterocycles. The van der Waals surface area contributed by atoms with Crippen LogP contribution >= 0.6 is 34.8 Å². The fraction of sp³-hybridized carbons (Fsp3) is 0.333. The van der Waals surface area contributed by atoms with Gasteiger partial charge in [0.05, 0.1) is 17.7 Å². The Kier molecular flexibility index (Phi) is 11.2. The van der Waals surface area contributed by atoms with E-state index in [1.165, 1.54) is 60.5 Å². The molecule has 0 radical (unpaired) electrons. The number of halogens is 3. The second-order valence-electron chi connectivity index (χ2n) is 10.5. The van der Waals surface area contributed by atoms with Crippen LogP contribution in [0.3, 0.4) is 0 Å². The van der Waals surface area contributed by atoms with Gasteiger partial charge in [-0.3, -0.25) is 13.9 Å². The molecule has 0 unspecified atom stereocenters. The van der Waals surface area contributed by atoms with Gasteiger partial charge in [0.2, 0.25) is 11.8 Å². The number of nitrogens with zero attached hydrogens (tertiary/aromatic N) is 2. The predicted molar refractivity (Wildman–Crippen MR) is 168 cm³/mol. The van der Waals surface area contributed by atoms with Crippen molar-refractivity contribution in [1.82, 2.24) is 10.2 Å². The highest BCUT2D eigenvalue weighted by Gasteiger charge is 2.35. The minimum Gasteiger partial charge on any atom is -0.497 e.